The molecule has 1 N–H and O–H groups in total. The predicted molar refractivity (Wildman–Crippen MR) is 92.6 cm³/mol. The number of aromatic nitrogens is 2. The second kappa shape index (κ2) is 7.61. The Morgan fingerprint density at radius 3 is 2.96 bits per heavy atom. The van der Waals surface area contributed by atoms with Gasteiger partial charge in [0.15, 0.2) is 0 Å². The number of carbonyl (C=O) groups excluding carboxylic acids is 1. The van der Waals surface area contributed by atoms with Crippen LogP contribution in [0.4, 0.5) is 4.39 Å². The molecule has 3 rings (SSSR count). The first-order valence-electron chi connectivity index (χ1n) is 7.88. The van der Waals surface area contributed by atoms with Gasteiger partial charge in [-0.2, -0.15) is 10.2 Å². The van der Waals surface area contributed by atoms with E-state index in [9.17, 15) is 9.18 Å². The average Bonchev–Trinajstić information content (AvgIpc) is 2.97. The number of nitrogens with one attached hydrogen (secondary N) is 1. The van der Waals surface area contributed by atoms with Crippen molar-refractivity contribution < 1.29 is 9.18 Å². The van der Waals surface area contributed by atoms with Gasteiger partial charge >= 0.3 is 0 Å². The molecule has 0 saturated carbocycles. The highest BCUT2D eigenvalue weighted by Crippen LogP contribution is 2.21. The van der Waals surface area contributed by atoms with E-state index in [1.54, 1.807) is 12.1 Å². The lowest BCUT2D eigenvalue weighted by Crippen LogP contribution is -2.22. The van der Waals surface area contributed by atoms with E-state index < -0.39 is 0 Å². The summed E-state index contributed by atoms with van der Waals surface area (Å²) < 4.78 is 14.7. The van der Waals surface area contributed by atoms with Crippen molar-refractivity contribution in [3.8, 4) is 0 Å². The van der Waals surface area contributed by atoms with Gasteiger partial charge in [0.2, 0.25) is 5.91 Å². The highest BCUT2D eigenvalue weighted by atomic mass is 32.2. The minimum atomic E-state index is -0.254. The summed E-state index contributed by atoms with van der Waals surface area (Å²) in [6, 6.07) is 6.26. The van der Waals surface area contributed by atoms with E-state index in [1.165, 1.54) is 29.6 Å². The Morgan fingerprint density at radius 1 is 1.38 bits per heavy atom. The lowest BCUT2D eigenvalue weighted by molar-refractivity contribution is -0.120. The second-order valence-electron chi connectivity index (χ2n) is 5.63. The molecular formula is C17H19FN4OS. The Morgan fingerprint density at radius 2 is 2.17 bits per heavy atom. The predicted octanol–water partition coefficient (Wildman–Crippen LogP) is 2.90. The first kappa shape index (κ1) is 16.7. The maximum atomic E-state index is 12.8. The van der Waals surface area contributed by atoms with E-state index in [0.29, 0.717) is 12.2 Å². The zero-order valence-electron chi connectivity index (χ0n) is 13.5. The maximum absolute atomic E-state index is 12.8. The summed E-state index contributed by atoms with van der Waals surface area (Å²) in [5.41, 5.74) is 5.73. The molecule has 5 nitrogen and oxygen atoms in total. The smallest absolute Gasteiger partial charge is 0.240 e. The van der Waals surface area contributed by atoms with Gasteiger partial charge in [0.25, 0.3) is 0 Å². The molecular weight excluding hydrogens is 327 g/mol. The van der Waals surface area contributed by atoms with Crippen LogP contribution < -0.4 is 5.43 Å². The van der Waals surface area contributed by atoms with Crippen LogP contribution in [0.2, 0.25) is 0 Å². The molecule has 1 heterocycles. The molecule has 0 atom stereocenters. The second-order valence-corrected chi connectivity index (χ2v) is 6.80. The van der Waals surface area contributed by atoms with Crippen molar-refractivity contribution >= 4 is 23.4 Å². The summed E-state index contributed by atoms with van der Waals surface area (Å²) in [5.74, 6) is 0.254. The number of carbonyl (C=O) groups is 1. The number of rotatable bonds is 5. The third-order valence-electron chi connectivity index (χ3n) is 3.93. The van der Waals surface area contributed by atoms with Crippen molar-refractivity contribution in [1.29, 1.82) is 0 Å². The van der Waals surface area contributed by atoms with Gasteiger partial charge in [-0.25, -0.2) is 9.82 Å². The van der Waals surface area contributed by atoms with Crippen LogP contribution in [0.15, 0.2) is 40.5 Å². The van der Waals surface area contributed by atoms with Crippen LogP contribution in [0.1, 0.15) is 30.5 Å². The molecule has 2 aromatic rings. The number of hydrogen-bond donors (Lipinski definition) is 1. The lowest BCUT2D eigenvalue weighted by Gasteiger charge is -2.14. The molecule has 0 saturated heterocycles. The topological polar surface area (TPSA) is 59.3 Å². The molecule has 1 aliphatic rings. The fraction of sp³-hybridized carbons (Fsp3) is 0.353. The number of benzene rings is 1. The van der Waals surface area contributed by atoms with Crippen molar-refractivity contribution in [3.63, 3.8) is 0 Å². The molecule has 126 valence electrons. The van der Waals surface area contributed by atoms with Crippen LogP contribution in [0.3, 0.4) is 0 Å². The zero-order chi connectivity index (χ0) is 16.9. The molecule has 0 bridgehead atoms. The molecule has 0 radical (unpaired) electrons. The van der Waals surface area contributed by atoms with Gasteiger partial charge in [-0.1, -0.05) is 0 Å². The van der Waals surface area contributed by atoms with E-state index in [4.69, 9.17) is 0 Å². The Kier molecular flexibility index (Phi) is 5.30. The van der Waals surface area contributed by atoms with Crippen molar-refractivity contribution in [2.75, 3.05) is 5.75 Å². The number of halogens is 1. The average molecular weight is 346 g/mol. The molecule has 1 aliphatic carbocycles. The van der Waals surface area contributed by atoms with E-state index in [-0.39, 0.29) is 11.7 Å². The van der Waals surface area contributed by atoms with Gasteiger partial charge in [0.05, 0.1) is 11.9 Å². The molecule has 0 unspecified atom stereocenters. The van der Waals surface area contributed by atoms with Gasteiger partial charge in [0, 0.05) is 35.4 Å². The van der Waals surface area contributed by atoms with Gasteiger partial charge in [-0.15, -0.1) is 11.8 Å². The largest absolute Gasteiger partial charge is 0.273 e. The molecule has 1 aromatic heterocycles. The number of fused-ring (bicyclic) bond motifs is 1. The minimum Gasteiger partial charge on any atom is -0.273 e. The van der Waals surface area contributed by atoms with Gasteiger partial charge in [-0.05, 0) is 43.5 Å². The third-order valence-corrected chi connectivity index (χ3v) is 4.94. The third kappa shape index (κ3) is 4.03. The number of thioether (sulfide) groups is 1. The van der Waals surface area contributed by atoms with Crippen LogP contribution in [-0.4, -0.2) is 27.2 Å². The fourth-order valence-electron chi connectivity index (χ4n) is 2.65. The van der Waals surface area contributed by atoms with E-state index in [0.717, 1.165) is 35.4 Å². The van der Waals surface area contributed by atoms with Gasteiger partial charge < -0.3 is 0 Å². The van der Waals surface area contributed by atoms with Crippen LogP contribution >= 0.6 is 11.8 Å². The molecule has 1 aromatic carbocycles. The Hall–Kier alpha value is -2.15. The fourth-order valence-corrected chi connectivity index (χ4v) is 3.50. The highest BCUT2D eigenvalue weighted by molar-refractivity contribution is 7.99. The molecule has 24 heavy (non-hydrogen) atoms. The Balaban J connectivity index is 1.50. The first-order chi connectivity index (χ1) is 11.6. The van der Waals surface area contributed by atoms with E-state index in [1.807, 2.05) is 17.9 Å². The Labute approximate surface area is 144 Å². The molecule has 1 amide bonds. The summed E-state index contributed by atoms with van der Waals surface area (Å²) in [6.07, 6.45) is 5.03. The van der Waals surface area contributed by atoms with E-state index in [2.05, 4.69) is 15.6 Å². The quantitative estimate of drug-likeness (QED) is 0.669. The zero-order valence-corrected chi connectivity index (χ0v) is 14.3. The number of hydrogen-bond acceptors (Lipinski definition) is 4. The lowest BCUT2D eigenvalue weighted by atomic mass is 9.96. The van der Waals surface area contributed by atoms with Crippen molar-refractivity contribution in [2.24, 2.45) is 12.1 Å². The number of aryl methyl sites for hydroxylation is 1. The normalized spacial score (nSPS) is 15.3. The van der Waals surface area contributed by atoms with Crippen LogP contribution in [0, 0.1) is 5.82 Å². The van der Waals surface area contributed by atoms with Crippen LogP contribution in [0.25, 0.3) is 0 Å². The van der Waals surface area contributed by atoms with E-state index >= 15 is 0 Å². The standard InChI is InChI=1S/C17H19FN4OS/c1-22-16-4-2-3-15(14(16)11-19-22)20-21-17(23)9-10-24-13-7-5-12(18)6-8-13/h5-8,11H,2-4,9-10H2,1H3,(H,21,23). The van der Waals surface area contributed by atoms with Gasteiger partial charge in [0.1, 0.15) is 5.82 Å². The number of amides is 1. The van der Waals surface area contributed by atoms with Crippen molar-refractivity contribution in [2.45, 2.75) is 30.6 Å². The monoisotopic (exact) mass is 346 g/mol. The summed E-state index contributed by atoms with van der Waals surface area (Å²) in [5, 5.41) is 8.54. The summed E-state index contributed by atoms with van der Waals surface area (Å²) >= 11 is 1.52. The summed E-state index contributed by atoms with van der Waals surface area (Å²) in [4.78, 5) is 12.9. The number of hydrazone groups is 1. The van der Waals surface area contributed by atoms with Crippen LogP contribution in [-0.2, 0) is 18.3 Å². The molecule has 0 aliphatic heterocycles. The highest BCUT2D eigenvalue weighted by Gasteiger charge is 2.19. The molecule has 7 heteroatoms. The maximum Gasteiger partial charge on any atom is 0.240 e. The Bertz CT molecular complexity index is 754. The van der Waals surface area contributed by atoms with Gasteiger partial charge in [-0.3, -0.25) is 9.48 Å². The molecule has 0 fully saturated rings. The summed E-state index contributed by atoms with van der Waals surface area (Å²) in [6.45, 7) is 0. The van der Waals surface area contributed by atoms with Crippen molar-refractivity contribution in [1.82, 2.24) is 15.2 Å². The number of nitrogens with zero attached hydrogens (tertiary/aromatic N) is 3. The van der Waals surface area contributed by atoms with Crippen molar-refractivity contribution in [3.05, 3.63) is 47.5 Å². The SMILES string of the molecule is Cn1ncc2c1CCCC2=NNC(=O)CCSc1ccc(F)cc1. The first-order valence-corrected chi connectivity index (χ1v) is 8.87. The van der Waals surface area contributed by atoms with Crippen LogP contribution in [0.5, 0.6) is 0 Å². The minimum absolute atomic E-state index is 0.117. The molecule has 0 spiro atoms. The summed E-state index contributed by atoms with van der Waals surface area (Å²) in [7, 11) is 1.92.